The zero-order chi connectivity index (χ0) is 11.4. The van der Waals surface area contributed by atoms with E-state index in [4.69, 9.17) is 0 Å². The van der Waals surface area contributed by atoms with Crippen LogP contribution in [0.3, 0.4) is 0 Å². The van der Waals surface area contributed by atoms with Crippen LogP contribution in [0.4, 0.5) is 0 Å². The summed E-state index contributed by atoms with van der Waals surface area (Å²) in [6.45, 7) is 0. The maximum absolute atomic E-state index is 10.4. The number of hydrogen-bond acceptors (Lipinski definition) is 2. The van der Waals surface area contributed by atoms with Crippen molar-refractivity contribution in [1.82, 2.24) is 0 Å². The van der Waals surface area contributed by atoms with Crippen molar-refractivity contribution in [2.75, 3.05) is 0 Å². The highest BCUT2D eigenvalue weighted by molar-refractivity contribution is 7.09. The molecule has 0 saturated heterocycles. The molecule has 3 aliphatic carbocycles. The van der Waals surface area contributed by atoms with Gasteiger partial charge in [0.25, 0.3) is 0 Å². The van der Waals surface area contributed by atoms with E-state index in [1.807, 2.05) is 11.3 Å². The summed E-state index contributed by atoms with van der Waals surface area (Å²) in [7, 11) is 0. The number of hydrogen-bond donors (Lipinski definition) is 1. The fourth-order valence-electron chi connectivity index (χ4n) is 4.84. The summed E-state index contributed by atoms with van der Waals surface area (Å²) in [6, 6.07) is 4.30. The van der Waals surface area contributed by atoms with E-state index in [0.29, 0.717) is 5.92 Å². The normalized spacial score (nSPS) is 43.7. The van der Waals surface area contributed by atoms with Crippen LogP contribution in [0.15, 0.2) is 17.5 Å². The number of aryl methyl sites for hydroxylation is 1. The molecular formula is C15H20OS. The maximum atomic E-state index is 10.4. The number of thiophene rings is 1. The van der Waals surface area contributed by atoms with Gasteiger partial charge in [-0.15, -0.1) is 11.3 Å². The molecule has 0 aliphatic heterocycles. The van der Waals surface area contributed by atoms with Gasteiger partial charge in [0.05, 0.1) is 6.10 Å². The summed E-state index contributed by atoms with van der Waals surface area (Å²) < 4.78 is 0. The van der Waals surface area contributed by atoms with Gasteiger partial charge < -0.3 is 5.11 Å². The van der Waals surface area contributed by atoms with Gasteiger partial charge in [-0.05, 0) is 73.1 Å². The Labute approximate surface area is 107 Å². The highest BCUT2D eigenvalue weighted by Gasteiger charge is 2.66. The molecule has 1 aromatic heterocycles. The molecule has 0 aromatic carbocycles. The molecule has 3 fully saturated rings. The Morgan fingerprint density at radius 3 is 2.71 bits per heavy atom. The molecule has 1 nitrogen and oxygen atoms in total. The molecule has 3 aliphatic rings. The van der Waals surface area contributed by atoms with Crippen molar-refractivity contribution in [3.05, 3.63) is 22.4 Å². The third-order valence-electron chi connectivity index (χ3n) is 5.51. The van der Waals surface area contributed by atoms with Crippen LogP contribution in [0, 0.1) is 29.6 Å². The lowest BCUT2D eigenvalue weighted by molar-refractivity contribution is 0.120. The summed E-state index contributed by atoms with van der Waals surface area (Å²) >= 11 is 1.82. The topological polar surface area (TPSA) is 20.2 Å². The molecule has 1 N–H and O–H groups in total. The first kappa shape index (κ1) is 10.6. The number of fused-ring (bicyclic) bond motifs is 5. The fraction of sp³-hybridized carbons (Fsp3) is 0.733. The molecule has 1 aromatic rings. The summed E-state index contributed by atoms with van der Waals surface area (Å²) in [6.07, 6.45) is 6.45. The monoisotopic (exact) mass is 248 g/mol. The first-order chi connectivity index (χ1) is 8.34. The van der Waals surface area contributed by atoms with Gasteiger partial charge >= 0.3 is 0 Å². The van der Waals surface area contributed by atoms with Crippen LogP contribution in [-0.2, 0) is 6.42 Å². The van der Waals surface area contributed by atoms with E-state index in [1.165, 1.54) is 24.1 Å². The Balaban J connectivity index is 1.35. The lowest BCUT2D eigenvalue weighted by Crippen LogP contribution is -2.16. The van der Waals surface area contributed by atoms with Crippen LogP contribution in [0.2, 0.25) is 0 Å². The molecule has 4 rings (SSSR count). The molecule has 0 amide bonds. The quantitative estimate of drug-likeness (QED) is 0.866. The van der Waals surface area contributed by atoms with E-state index in [1.54, 1.807) is 0 Å². The Kier molecular flexibility index (Phi) is 2.38. The highest BCUT2D eigenvalue weighted by atomic mass is 32.1. The van der Waals surface area contributed by atoms with Crippen molar-refractivity contribution in [3.8, 4) is 0 Å². The van der Waals surface area contributed by atoms with Crippen molar-refractivity contribution < 1.29 is 5.11 Å². The maximum Gasteiger partial charge on any atom is 0.0577 e. The van der Waals surface area contributed by atoms with Gasteiger partial charge in [0.15, 0.2) is 0 Å². The summed E-state index contributed by atoms with van der Waals surface area (Å²) in [5, 5.41) is 12.5. The predicted molar refractivity (Wildman–Crippen MR) is 69.9 cm³/mol. The molecular weight excluding hydrogens is 228 g/mol. The number of aliphatic hydroxyl groups excluding tert-OH is 1. The summed E-state index contributed by atoms with van der Waals surface area (Å²) in [5.74, 6) is 4.51. The first-order valence-corrected chi connectivity index (χ1v) is 7.93. The van der Waals surface area contributed by atoms with Crippen molar-refractivity contribution in [2.45, 2.75) is 38.2 Å². The zero-order valence-corrected chi connectivity index (χ0v) is 10.9. The van der Waals surface area contributed by atoms with Gasteiger partial charge in [0.2, 0.25) is 0 Å². The average molecular weight is 248 g/mol. The molecule has 3 saturated carbocycles. The van der Waals surface area contributed by atoms with E-state index in [2.05, 4.69) is 17.5 Å². The Morgan fingerprint density at radius 2 is 2.06 bits per heavy atom. The predicted octanol–water partition coefficient (Wildman–Crippen LogP) is 3.33. The van der Waals surface area contributed by atoms with Crippen LogP contribution in [0.5, 0.6) is 0 Å². The minimum atomic E-state index is -0.0181. The molecule has 0 spiro atoms. The lowest BCUT2D eigenvalue weighted by Gasteiger charge is -2.14. The van der Waals surface area contributed by atoms with E-state index in [-0.39, 0.29) is 6.10 Å². The second-order valence-electron chi connectivity index (χ2n) is 6.25. The van der Waals surface area contributed by atoms with Gasteiger partial charge in [0, 0.05) is 4.88 Å². The van der Waals surface area contributed by atoms with E-state index < -0.39 is 0 Å². The second kappa shape index (κ2) is 3.83. The smallest absolute Gasteiger partial charge is 0.0577 e. The minimum absolute atomic E-state index is 0.0181. The largest absolute Gasteiger partial charge is 0.393 e. The number of aliphatic hydroxyl groups is 1. The van der Waals surface area contributed by atoms with Crippen LogP contribution >= 0.6 is 11.3 Å². The number of rotatable bonds is 4. The van der Waals surface area contributed by atoms with Gasteiger partial charge in [0.1, 0.15) is 0 Å². The van der Waals surface area contributed by atoms with Crippen LogP contribution in [-0.4, -0.2) is 11.2 Å². The SMILES string of the molecule is OC(CCc1cccs1)C1C2C3CCC(C3)C12. The van der Waals surface area contributed by atoms with E-state index >= 15 is 0 Å². The van der Waals surface area contributed by atoms with Crippen molar-refractivity contribution in [3.63, 3.8) is 0 Å². The summed E-state index contributed by atoms with van der Waals surface area (Å²) in [5.41, 5.74) is 0. The third kappa shape index (κ3) is 1.61. The Bertz CT molecular complexity index is 383. The van der Waals surface area contributed by atoms with E-state index in [0.717, 1.165) is 36.5 Å². The van der Waals surface area contributed by atoms with Gasteiger partial charge in [-0.25, -0.2) is 0 Å². The Morgan fingerprint density at radius 1 is 1.29 bits per heavy atom. The minimum Gasteiger partial charge on any atom is -0.393 e. The molecule has 0 radical (unpaired) electrons. The fourth-order valence-corrected chi connectivity index (χ4v) is 5.57. The van der Waals surface area contributed by atoms with Gasteiger partial charge in [-0.1, -0.05) is 6.07 Å². The lowest BCUT2D eigenvalue weighted by atomic mass is 9.96. The van der Waals surface area contributed by atoms with Gasteiger partial charge in [-0.2, -0.15) is 0 Å². The second-order valence-corrected chi connectivity index (χ2v) is 7.28. The van der Waals surface area contributed by atoms with Crippen LogP contribution in [0.1, 0.15) is 30.6 Å². The van der Waals surface area contributed by atoms with E-state index in [9.17, 15) is 5.11 Å². The molecule has 1 heterocycles. The molecule has 2 bridgehead atoms. The van der Waals surface area contributed by atoms with Crippen molar-refractivity contribution in [2.24, 2.45) is 29.6 Å². The van der Waals surface area contributed by atoms with Crippen LogP contribution in [0.25, 0.3) is 0 Å². The first-order valence-electron chi connectivity index (χ1n) is 7.05. The highest BCUT2D eigenvalue weighted by Crippen LogP contribution is 2.70. The molecule has 92 valence electrons. The molecule has 5 atom stereocenters. The van der Waals surface area contributed by atoms with Gasteiger partial charge in [-0.3, -0.25) is 0 Å². The molecule has 2 heteroatoms. The third-order valence-corrected chi connectivity index (χ3v) is 6.44. The van der Waals surface area contributed by atoms with Crippen molar-refractivity contribution >= 4 is 11.3 Å². The zero-order valence-electron chi connectivity index (χ0n) is 10.1. The van der Waals surface area contributed by atoms with Crippen LogP contribution < -0.4 is 0 Å². The van der Waals surface area contributed by atoms with Crippen molar-refractivity contribution in [1.29, 1.82) is 0 Å². The summed E-state index contributed by atoms with van der Waals surface area (Å²) in [4.78, 5) is 1.43. The molecule has 17 heavy (non-hydrogen) atoms. The average Bonchev–Trinajstić information content (AvgIpc) is 2.80. The molecule has 5 unspecified atom stereocenters. The Hall–Kier alpha value is -0.340. The standard InChI is InChI=1S/C15H20OS/c16-12(6-5-11-2-1-7-17-11)15-13-9-3-4-10(8-9)14(13)15/h1-2,7,9-10,12-16H,3-6,8H2.